The Kier molecular flexibility index (Phi) is 2.74. The SMILES string of the molecule is CCCc1[nH][nH]c(=O)c1[C@@H]1OC(=O)c2ccccc21. The topological polar surface area (TPSA) is 74.9 Å². The van der Waals surface area contributed by atoms with E-state index < -0.39 is 6.10 Å². The van der Waals surface area contributed by atoms with Crippen LogP contribution in [0.25, 0.3) is 0 Å². The summed E-state index contributed by atoms with van der Waals surface area (Å²) < 4.78 is 5.37. The Labute approximate surface area is 109 Å². The molecule has 2 N–H and O–H groups in total. The zero-order valence-electron chi connectivity index (χ0n) is 10.5. The number of carbonyl (C=O) groups excluding carboxylic acids is 1. The van der Waals surface area contributed by atoms with Crippen LogP contribution in [-0.2, 0) is 11.2 Å². The van der Waals surface area contributed by atoms with Crippen molar-refractivity contribution in [3.63, 3.8) is 0 Å². The number of aromatic nitrogens is 2. The standard InChI is InChI=1S/C14H14N2O3/c1-2-5-10-11(13(17)16-15-10)12-8-6-3-4-7-9(8)14(18)19-12/h3-4,6-7,12H,2,5H2,1H3,(H2,15,16,17)/t12-/m1/s1. The van der Waals surface area contributed by atoms with Gasteiger partial charge in [-0.2, -0.15) is 0 Å². The number of H-pyrrole nitrogens is 2. The lowest BCUT2D eigenvalue weighted by atomic mass is 9.98. The van der Waals surface area contributed by atoms with Crippen molar-refractivity contribution in [2.45, 2.75) is 25.9 Å². The molecule has 2 heterocycles. The summed E-state index contributed by atoms with van der Waals surface area (Å²) >= 11 is 0. The molecule has 1 aliphatic rings. The van der Waals surface area contributed by atoms with Crippen molar-refractivity contribution in [2.75, 3.05) is 0 Å². The number of hydrogen-bond acceptors (Lipinski definition) is 3. The second-order valence-corrected chi connectivity index (χ2v) is 4.59. The zero-order chi connectivity index (χ0) is 13.4. The molecule has 0 amide bonds. The van der Waals surface area contributed by atoms with Crippen LogP contribution in [0.15, 0.2) is 29.1 Å². The first-order valence-electron chi connectivity index (χ1n) is 6.31. The van der Waals surface area contributed by atoms with Crippen molar-refractivity contribution in [1.82, 2.24) is 10.2 Å². The smallest absolute Gasteiger partial charge is 0.339 e. The van der Waals surface area contributed by atoms with E-state index in [9.17, 15) is 9.59 Å². The molecule has 19 heavy (non-hydrogen) atoms. The monoisotopic (exact) mass is 258 g/mol. The van der Waals surface area contributed by atoms with Crippen LogP contribution in [0.3, 0.4) is 0 Å². The molecule has 0 unspecified atom stereocenters. The quantitative estimate of drug-likeness (QED) is 0.826. The average molecular weight is 258 g/mol. The Morgan fingerprint density at radius 1 is 1.21 bits per heavy atom. The number of ether oxygens (including phenoxy) is 1. The highest BCUT2D eigenvalue weighted by Crippen LogP contribution is 2.35. The molecule has 5 heteroatoms. The number of carbonyl (C=O) groups is 1. The van der Waals surface area contributed by atoms with Gasteiger partial charge in [-0.3, -0.25) is 9.89 Å². The zero-order valence-corrected chi connectivity index (χ0v) is 10.5. The second-order valence-electron chi connectivity index (χ2n) is 4.59. The summed E-state index contributed by atoms with van der Waals surface area (Å²) in [5.74, 6) is -0.372. The van der Waals surface area contributed by atoms with Crippen molar-refractivity contribution >= 4 is 5.97 Å². The first-order chi connectivity index (χ1) is 9.22. The van der Waals surface area contributed by atoms with E-state index in [1.807, 2.05) is 19.1 Å². The molecule has 1 atom stereocenters. The van der Waals surface area contributed by atoms with Crippen LogP contribution in [0.5, 0.6) is 0 Å². The van der Waals surface area contributed by atoms with Crippen LogP contribution >= 0.6 is 0 Å². The minimum absolute atomic E-state index is 0.224. The lowest BCUT2D eigenvalue weighted by molar-refractivity contribution is 0.0453. The minimum Gasteiger partial charge on any atom is -0.449 e. The van der Waals surface area contributed by atoms with Crippen LogP contribution in [-0.4, -0.2) is 16.2 Å². The van der Waals surface area contributed by atoms with Crippen molar-refractivity contribution in [1.29, 1.82) is 0 Å². The molecular weight excluding hydrogens is 244 g/mol. The number of fused-ring (bicyclic) bond motifs is 1. The van der Waals surface area contributed by atoms with Gasteiger partial charge < -0.3 is 9.84 Å². The van der Waals surface area contributed by atoms with Crippen LogP contribution < -0.4 is 5.56 Å². The Balaban J connectivity index is 2.12. The fourth-order valence-corrected chi connectivity index (χ4v) is 2.49. The molecule has 98 valence electrons. The molecule has 3 rings (SSSR count). The Morgan fingerprint density at radius 3 is 2.79 bits per heavy atom. The maximum absolute atomic E-state index is 11.9. The number of cyclic esters (lactones) is 1. The molecule has 1 aromatic heterocycles. The van der Waals surface area contributed by atoms with Crippen LogP contribution in [0.4, 0.5) is 0 Å². The van der Waals surface area contributed by atoms with Crippen molar-refractivity contribution in [3.05, 3.63) is 57.0 Å². The summed E-state index contributed by atoms with van der Waals surface area (Å²) in [7, 11) is 0. The molecule has 0 bridgehead atoms. The van der Waals surface area contributed by atoms with Crippen molar-refractivity contribution in [3.8, 4) is 0 Å². The van der Waals surface area contributed by atoms with E-state index in [1.165, 1.54) is 0 Å². The first kappa shape index (κ1) is 11.8. The van der Waals surface area contributed by atoms with Crippen molar-refractivity contribution < 1.29 is 9.53 Å². The molecule has 0 aliphatic carbocycles. The highest BCUT2D eigenvalue weighted by molar-refractivity contribution is 5.94. The largest absolute Gasteiger partial charge is 0.449 e. The summed E-state index contributed by atoms with van der Waals surface area (Å²) in [6.07, 6.45) is 1.05. The van der Waals surface area contributed by atoms with Crippen LogP contribution in [0, 0.1) is 0 Å². The molecule has 0 fully saturated rings. The number of aromatic amines is 2. The van der Waals surface area contributed by atoms with Gasteiger partial charge in [0, 0.05) is 11.3 Å². The van der Waals surface area contributed by atoms with Crippen LogP contribution in [0.1, 0.15) is 46.6 Å². The van der Waals surface area contributed by atoms with Gasteiger partial charge in [0.25, 0.3) is 5.56 Å². The van der Waals surface area contributed by atoms with Gasteiger partial charge in [0.15, 0.2) is 6.10 Å². The molecule has 1 aromatic carbocycles. The molecule has 0 spiro atoms. The Morgan fingerprint density at radius 2 is 2.00 bits per heavy atom. The molecule has 5 nitrogen and oxygen atoms in total. The van der Waals surface area contributed by atoms with Gasteiger partial charge in [0.05, 0.1) is 11.1 Å². The van der Waals surface area contributed by atoms with E-state index in [0.29, 0.717) is 11.1 Å². The third kappa shape index (κ3) is 1.78. The molecule has 1 aliphatic heterocycles. The lowest BCUT2D eigenvalue weighted by Crippen LogP contribution is -2.13. The number of rotatable bonds is 3. The van der Waals surface area contributed by atoms with Gasteiger partial charge >= 0.3 is 5.97 Å². The van der Waals surface area contributed by atoms with Gasteiger partial charge in [0.2, 0.25) is 0 Å². The number of aryl methyl sites for hydroxylation is 1. The number of nitrogens with one attached hydrogen (secondary N) is 2. The fraction of sp³-hybridized carbons (Fsp3) is 0.286. The summed E-state index contributed by atoms with van der Waals surface area (Å²) in [6, 6.07) is 7.18. The summed E-state index contributed by atoms with van der Waals surface area (Å²) in [5.41, 5.74) is 2.39. The number of benzene rings is 1. The molecule has 2 aromatic rings. The normalized spacial score (nSPS) is 17.3. The van der Waals surface area contributed by atoms with Gasteiger partial charge in [-0.1, -0.05) is 31.5 Å². The first-order valence-corrected chi connectivity index (χ1v) is 6.31. The number of hydrogen-bond donors (Lipinski definition) is 2. The predicted molar refractivity (Wildman–Crippen MR) is 69.1 cm³/mol. The van der Waals surface area contributed by atoms with Gasteiger partial charge in [-0.15, -0.1) is 0 Å². The molecule has 0 radical (unpaired) electrons. The molecule has 0 saturated carbocycles. The summed E-state index contributed by atoms with van der Waals surface area (Å²) in [4.78, 5) is 23.7. The molecular formula is C14H14N2O3. The van der Waals surface area contributed by atoms with E-state index in [0.717, 1.165) is 24.1 Å². The van der Waals surface area contributed by atoms with Gasteiger partial charge in [0.1, 0.15) is 0 Å². The van der Waals surface area contributed by atoms with E-state index in [4.69, 9.17) is 4.74 Å². The number of esters is 1. The third-order valence-electron chi connectivity index (χ3n) is 3.35. The highest BCUT2D eigenvalue weighted by atomic mass is 16.5. The van der Waals surface area contributed by atoms with Gasteiger partial charge in [-0.05, 0) is 12.5 Å². The van der Waals surface area contributed by atoms with E-state index in [-0.39, 0.29) is 11.5 Å². The van der Waals surface area contributed by atoms with Crippen LogP contribution in [0.2, 0.25) is 0 Å². The Hall–Kier alpha value is -2.30. The van der Waals surface area contributed by atoms with E-state index in [2.05, 4.69) is 10.2 Å². The second kappa shape index (κ2) is 4.42. The predicted octanol–water partition coefficient (Wildman–Crippen LogP) is 1.92. The van der Waals surface area contributed by atoms with Crippen molar-refractivity contribution in [2.24, 2.45) is 0 Å². The summed E-state index contributed by atoms with van der Waals surface area (Å²) in [6.45, 7) is 2.03. The van der Waals surface area contributed by atoms with E-state index in [1.54, 1.807) is 12.1 Å². The Bertz CT molecular complexity index is 684. The lowest BCUT2D eigenvalue weighted by Gasteiger charge is -2.09. The highest BCUT2D eigenvalue weighted by Gasteiger charge is 2.35. The maximum atomic E-state index is 11.9. The van der Waals surface area contributed by atoms with Gasteiger partial charge in [-0.25, -0.2) is 4.79 Å². The maximum Gasteiger partial charge on any atom is 0.339 e. The summed E-state index contributed by atoms with van der Waals surface area (Å²) in [5, 5.41) is 5.44. The third-order valence-corrected chi connectivity index (χ3v) is 3.35. The average Bonchev–Trinajstić information content (AvgIpc) is 2.92. The fourth-order valence-electron chi connectivity index (χ4n) is 2.49. The minimum atomic E-state index is -0.597. The molecule has 0 saturated heterocycles. The van der Waals surface area contributed by atoms with E-state index >= 15 is 0 Å².